The summed E-state index contributed by atoms with van der Waals surface area (Å²) in [7, 11) is 0. The summed E-state index contributed by atoms with van der Waals surface area (Å²) in [5.41, 5.74) is 6.94. The van der Waals surface area contributed by atoms with Crippen LogP contribution >= 0.6 is 15.9 Å². The minimum Gasteiger partial charge on any atom is -0.324 e. The van der Waals surface area contributed by atoms with E-state index in [1.165, 1.54) is 5.56 Å². The Balaban J connectivity index is 2.27. The third-order valence-corrected chi connectivity index (χ3v) is 3.38. The molecule has 4 nitrogen and oxygen atoms in total. The van der Waals surface area contributed by atoms with Crippen LogP contribution in [0.25, 0.3) is 0 Å². The summed E-state index contributed by atoms with van der Waals surface area (Å²) in [4.78, 5) is 0. The first-order chi connectivity index (χ1) is 9.10. The van der Waals surface area contributed by atoms with E-state index in [0.29, 0.717) is 12.5 Å². The zero-order chi connectivity index (χ0) is 13.8. The third kappa shape index (κ3) is 3.64. The molecule has 0 bridgehead atoms. The molecule has 0 spiro atoms. The number of hydrogen-bond donors (Lipinski definition) is 1. The molecule has 0 saturated carbocycles. The summed E-state index contributed by atoms with van der Waals surface area (Å²) in [6.45, 7) is 5.70. The molecule has 1 aromatic carbocycles. The fourth-order valence-electron chi connectivity index (χ4n) is 2.06. The van der Waals surface area contributed by atoms with Gasteiger partial charge in [-0.25, -0.2) is 0 Å². The van der Waals surface area contributed by atoms with Gasteiger partial charge in [0.2, 0.25) is 0 Å². The van der Waals surface area contributed by atoms with Crippen molar-refractivity contribution in [3.63, 3.8) is 0 Å². The summed E-state index contributed by atoms with van der Waals surface area (Å²) < 4.78 is 3.23. The van der Waals surface area contributed by atoms with E-state index in [2.05, 4.69) is 56.7 Å². The van der Waals surface area contributed by atoms with Gasteiger partial charge in [-0.1, -0.05) is 41.9 Å². The van der Waals surface area contributed by atoms with E-state index < -0.39 is 0 Å². The van der Waals surface area contributed by atoms with Crippen molar-refractivity contribution < 1.29 is 0 Å². The molecule has 19 heavy (non-hydrogen) atoms. The normalized spacial score (nSPS) is 11.2. The molecule has 2 N–H and O–H groups in total. The Kier molecular flexibility index (Phi) is 4.71. The minimum absolute atomic E-state index is 0.429. The maximum Gasteiger partial charge on any atom is 0.146 e. The lowest BCUT2D eigenvalue weighted by atomic mass is 10.1. The lowest BCUT2D eigenvalue weighted by Gasteiger charge is -2.12. The number of hydrogen-bond acceptors (Lipinski definition) is 3. The molecular formula is C14H19BrN4. The highest BCUT2D eigenvalue weighted by molar-refractivity contribution is 9.10. The first kappa shape index (κ1) is 14.2. The summed E-state index contributed by atoms with van der Waals surface area (Å²) in [6.07, 6.45) is 0.777. The lowest BCUT2D eigenvalue weighted by Crippen LogP contribution is -2.14. The topological polar surface area (TPSA) is 56.7 Å². The molecule has 0 aliphatic heterocycles. The Morgan fingerprint density at radius 3 is 2.63 bits per heavy atom. The van der Waals surface area contributed by atoms with Gasteiger partial charge in [0.15, 0.2) is 0 Å². The zero-order valence-electron chi connectivity index (χ0n) is 11.3. The molecule has 2 aromatic rings. The van der Waals surface area contributed by atoms with Crippen LogP contribution < -0.4 is 5.73 Å². The van der Waals surface area contributed by atoms with Gasteiger partial charge in [-0.3, -0.25) is 0 Å². The maximum absolute atomic E-state index is 5.73. The van der Waals surface area contributed by atoms with E-state index in [4.69, 9.17) is 5.73 Å². The van der Waals surface area contributed by atoms with Gasteiger partial charge in [-0.15, -0.1) is 10.2 Å². The lowest BCUT2D eigenvalue weighted by molar-refractivity contribution is 0.495. The van der Waals surface area contributed by atoms with Gasteiger partial charge in [-0.05, 0) is 23.6 Å². The van der Waals surface area contributed by atoms with Crippen LogP contribution in [0.2, 0.25) is 0 Å². The molecule has 0 aliphatic carbocycles. The van der Waals surface area contributed by atoms with Crippen molar-refractivity contribution >= 4 is 15.9 Å². The highest BCUT2D eigenvalue weighted by atomic mass is 79.9. The number of halogens is 1. The Morgan fingerprint density at radius 1 is 1.26 bits per heavy atom. The standard InChI is InChI=1S/C14H19BrN4/c1-10(2)9-19-13(17-18-14(19)8-16)7-11-4-3-5-12(15)6-11/h3-6,10H,7-9,16H2,1-2H3. The number of nitrogens with two attached hydrogens (primary N) is 1. The van der Waals surface area contributed by atoms with Crippen molar-refractivity contribution in [1.29, 1.82) is 0 Å². The average Bonchev–Trinajstić information content (AvgIpc) is 2.71. The molecule has 0 aliphatic rings. The van der Waals surface area contributed by atoms with Gasteiger partial charge < -0.3 is 10.3 Å². The second-order valence-electron chi connectivity index (χ2n) is 5.05. The summed E-state index contributed by atoms with van der Waals surface area (Å²) >= 11 is 3.49. The van der Waals surface area contributed by atoms with Crippen molar-refractivity contribution in [2.75, 3.05) is 0 Å². The van der Waals surface area contributed by atoms with Gasteiger partial charge in [0.25, 0.3) is 0 Å². The molecule has 2 rings (SSSR count). The zero-order valence-corrected chi connectivity index (χ0v) is 12.9. The molecule has 0 saturated heterocycles. The molecule has 0 amide bonds. The summed E-state index contributed by atoms with van der Waals surface area (Å²) in [6, 6.07) is 8.26. The highest BCUT2D eigenvalue weighted by Gasteiger charge is 2.12. The van der Waals surface area contributed by atoms with E-state index in [9.17, 15) is 0 Å². The third-order valence-electron chi connectivity index (χ3n) is 2.89. The van der Waals surface area contributed by atoms with Gasteiger partial charge in [-0.2, -0.15) is 0 Å². The molecular weight excluding hydrogens is 304 g/mol. The smallest absolute Gasteiger partial charge is 0.146 e. The Labute approximate surface area is 122 Å². The van der Waals surface area contributed by atoms with Gasteiger partial charge in [0.1, 0.15) is 11.6 Å². The maximum atomic E-state index is 5.73. The predicted molar refractivity (Wildman–Crippen MR) is 79.7 cm³/mol. The quantitative estimate of drug-likeness (QED) is 0.920. The Bertz CT molecular complexity index is 548. The molecule has 102 valence electrons. The summed E-state index contributed by atoms with van der Waals surface area (Å²) in [5.74, 6) is 2.38. The van der Waals surface area contributed by atoms with Crippen molar-refractivity contribution in [3.8, 4) is 0 Å². The van der Waals surface area contributed by atoms with E-state index >= 15 is 0 Å². The van der Waals surface area contributed by atoms with Crippen LogP contribution in [0.1, 0.15) is 31.1 Å². The number of nitrogens with zero attached hydrogens (tertiary/aromatic N) is 3. The molecule has 0 atom stereocenters. The van der Waals surface area contributed by atoms with Crippen LogP contribution in [0.5, 0.6) is 0 Å². The molecule has 1 heterocycles. The van der Waals surface area contributed by atoms with E-state index in [-0.39, 0.29) is 0 Å². The average molecular weight is 323 g/mol. The monoisotopic (exact) mass is 322 g/mol. The molecule has 0 radical (unpaired) electrons. The van der Waals surface area contributed by atoms with Crippen molar-refractivity contribution in [1.82, 2.24) is 14.8 Å². The van der Waals surface area contributed by atoms with Crippen LogP contribution in [0.3, 0.4) is 0 Å². The van der Waals surface area contributed by atoms with Crippen LogP contribution in [-0.4, -0.2) is 14.8 Å². The number of rotatable bonds is 5. The summed E-state index contributed by atoms with van der Waals surface area (Å²) in [5, 5.41) is 8.47. The predicted octanol–water partition coefficient (Wildman–Crippen LogP) is 2.75. The molecule has 0 fully saturated rings. The van der Waals surface area contributed by atoms with Crippen LogP contribution in [0.15, 0.2) is 28.7 Å². The Hall–Kier alpha value is -1.20. The first-order valence-corrected chi connectivity index (χ1v) is 7.25. The van der Waals surface area contributed by atoms with E-state index in [1.54, 1.807) is 0 Å². The minimum atomic E-state index is 0.429. The van der Waals surface area contributed by atoms with Crippen LogP contribution in [-0.2, 0) is 19.5 Å². The van der Waals surface area contributed by atoms with Crippen LogP contribution in [0.4, 0.5) is 0 Å². The molecule has 1 aromatic heterocycles. The van der Waals surface area contributed by atoms with Gasteiger partial charge >= 0.3 is 0 Å². The fourth-order valence-corrected chi connectivity index (χ4v) is 2.51. The Morgan fingerprint density at radius 2 is 2.00 bits per heavy atom. The number of benzene rings is 1. The van der Waals surface area contributed by atoms with E-state index in [1.807, 2.05) is 12.1 Å². The van der Waals surface area contributed by atoms with Crippen molar-refractivity contribution in [2.24, 2.45) is 11.7 Å². The highest BCUT2D eigenvalue weighted by Crippen LogP contribution is 2.16. The van der Waals surface area contributed by atoms with Crippen molar-refractivity contribution in [3.05, 3.63) is 46.0 Å². The largest absolute Gasteiger partial charge is 0.324 e. The fraction of sp³-hybridized carbons (Fsp3) is 0.429. The first-order valence-electron chi connectivity index (χ1n) is 6.45. The second kappa shape index (κ2) is 6.30. The SMILES string of the molecule is CC(C)Cn1c(CN)nnc1Cc1cccc(Br)c1. The number of aromatic nitrogens is 3. The molecule has 0 unspecified atom stereocenters. The second-order valence-corrected chi connectivity index (χ2v) is 5.96. The van der Waals surface area contributed by atoms with Gasteiger partial charge in [0, 0.05) is 17.4 Å². The molecule has 5 heteroatoms. The van der Waals surface area contributed by atoms with Crippen LogP contribution in [0, 0.1) is 5.92 Å². The van der Waals surface area contributed by atoms with E-state index in [0.717, 1.165) is 29.1 Å². The van der Waals surface area contributed by atoms with Crippen molar-refractivity contribution in [2.45, 2.75) is 33.4 Å². The van der Waals surface area contributed by atoms with Gasteiger partial charge in [0.05, 0.1) is 6.54 Å².